The summed E-state index contributed by atoms with van der Waals surface area (Å²) in [5, 5.41) is 10.3. The molecule has 31 heavy (non-hydrogen) atoms. The van der Waals surface area contributed by atoms with E-state index >= 15 is 0 Å². The highest BCUT2D eigenvalue weighted by Gasteiger charge is 2.60. The maximum atomic E-state index is 12.2. The molecular formula is C27H45IO3. The van der Waals surface area contributed by atoms with Crippen LogP contribution in [0.4, 0.5) is 0 Å². The number of carbonyl (C=O) groups excluding carboxylic acids is 1. The molecule has 4 rings (SSSR count). The van der Waals surface area contributed by atoms with Gasteiger partial charge in [0.1, 0.15) is 6.61 Å². The molecule has 0 saturated heterocycles. The molecule has 178 valence electrons. The van der Waals surface area contributed by atoms with E-state index in [2.05, 4.69) is 50.3 Å². The van der Waals surface area contributed by atoms with Crippen LogP contribution < -0.4 is 0 Å². The van der Waals surface area contributed by atoms with Gasteiger partial charge in [0.2, 0.25) is 0 Å². The Hall–Kier alpha value is 0.160. The van der Waals surface area contributed by atoms with Crippen molar-refractivity contribution in [2.75, 3.05) is 6.61 Å². The van der Waals surface area contributed by atoms with Crippen LogP contribution >= 0.6 is 22.6 Å². The predicted octanol–water partition coefficient (Wildman–Crippen LogP) is 6.79. The van der Waals surface area contributed by atoms with Crippen LogP contribution in [0, 0.1) is 46.3 Å². The molecule has 0 radical (unpaired) electrons. The molecule has 0 aliphatic heterocycles. The van der Waals surface area contributed by atoms with E-state index in [0.717, 1.165) is 48.9 Å². The third-order valence-electron chi connectivity index (χ3n) is 10.7. The van der Waals surface area contributed by atoms with E-state index in [-0.39, 0.29) is 12.1 Å². The zero-order valence-corrected chi connectivity index (χ0v) is 22.4. The summed E-state index contributed by atoms with van der Waals surface area (Å²) in [6, 6.07) is 0. The SMILES string of the molecule is CC(I)COC(=O)CC[C@@H](C)[C@H]1CC[C@H]2[C@@H]3CC[C@@H]4C[C@H](O)CC[C@]4(C)[C@H]3CC[C@]12C. The van der Waals surface area contributed by atoms with E-state index < -0.39 is 0 Å². The topological polar surface area (TPSA) is 46.5 Å². The summed E-state index contributed by atoms with van der Waals surface area (Å²) in [4.78, 5) is 12.2. The average Bonchev–Trinajstić information content (AvgIpc) is 3.08. The van der Waals surface area contributed by atoms with Crippen molar-refractivity contribution in [1.29, 1.82) is 0 Å². The quantitative estimate of drug-likeness (QED) is 0.228. The summed E-state index contributed by atoms with van der Waals surface area (Å²) in [6.07, 6.45) is 13.0. The van der Waals surface area contributed by atoms with Crippen LogP contribution in [0.15, 0.2) is 0 Å². The number of hydrogen-bond donors (Lipinski definition) is 1. The van der Waals surface area contributed by atoms with Gasteiger partial charge in [-0.2, -0.15) is 0 Å². The van der Waals surface area contributed by atoms with Gasteiger partial charge >= 0.3 is 5.97 Å². The van der Waals surface area contributed by atoms with Gasteiger partial charge in [-0.15, -0.1) is 0 Å². The standard InChI is InChI=1S/C27H45IO3/c1-17(5-10-25(30)31-16-18(2)28)22-8-9-23-21-7-6-19-15-20(29)11-13-26(19,3)24(21)12-14-27(22,23)4/h17-24,29H,5-16H2,1-4H3/t17-,18?,19-,20-,21+,22-,23+,24+,26+,27-/m1/s1. The molecule has 4 aliphatic carbocycles. The highest BCUT2D eigenvalue weighted by molar-refractivity contribution is 14.1. The Morgan fingerprint density at radius 2 is 1.74 bits per heavy atom. The van der Waals surface area contributed by atoms with E-state index in [4.69, 9.17) is 4.74 Å². The number of carbonyl (C=O) groups is 1. The fourth-order valence-corrected chi connectivity index (χ4v) is 9.22. The molecule has 0 amide bonds. The smallest absolute Gasteiger partial charge is 0.305 e. The molecule has 4 aliphatic rings. The Kier molecular flexibility index (Phi) is 7.39. The Balaban J connectivity index is 1.39. The number of ether oxygens (including phenoxy) is 1. The van der Waals surface area contributed by atoms with Crippen molar-refractivity contribution in [3.63, 3.8) is 0 Å². The number of hydrogen-bond acceptors (Lipinski definition) is 3. The molecule has 4 saturated carbocycles. The molecule has 1 N–H and O–H groups in total. The summed E-state index contributed by atoms with van der Waals surface area (Å²) in [5.74, 6) is 4.73. The summed E-state index contributed by atoms with van der Waals surface area (Å²) in [6.45, 7) is 10.2. The minimum absolute atomic E-state index is 0.00972. The van der Waals surface area contributed by atoms with Gasteiger partial charge in [-0.3, -0.25) is 4.79 Å². The maximum absolute atomic E-state index is 12.2. The molecule has 3 nitrogen and oxygen atoms in total. The van der Waals surface area contributed by atoms with Gasteiger partial charge in [0.25, 0.3) is 0 Å². The Bertz CT molecular complexity index is 650. The van der Waals surface area contributed by atoms with Gasteiger partial charge in [0, 0.05) is 10.3 Å². The van der Waals surface area contributed by atoms with Crippen molar-refractivity contribution in [3.8, 4) is 0 Å². The molecule has 0 heterocycles. The largest absolute Gasteiger partial charge is 0.465 e. The summed E-state index contributed by atoms with van der Waals surface area (Å²) < 4.78 is 5.81. The summed E-state index contributed by atoms with van der Waals surface area (Å²) >= 11 is 2.31. The molecule has 0 aromatic rings. The summed E-state index contributed by atoms with van der Waals surface area (Å²) in [7, 11) is 0. The van der Waals surface area contributed by atoms with Crippen LogP contribution in [0.25, 0.3) is 0 Å². The van der Waals surface area contributed by atoms with E-state index in [1.807, 2.05) is 0 Å². The van der Waals surface area contributed by atoms with Crippen LogP contribution in [0.3, 0.4) is 0 Å². The molecule has 4 heteroatoms. The third kappa shape index (κ3) is 4.59. The van der Waals surface area contributed by atoms with Crippen molar-refractivity contribution in [1.82, 2.24) is 0 Å². The number of aliphatic hydroxyl groups is 1. The average molecular weight is 545 g/mol. The van der Waals surface area contributed by atoms with Crippen molar-refractivity contribution in [2.45, 2.75) is 108 Å². The molecule has 1 unspecified atom stereocenters. The Labute approximate surface area is 204 Å². The lowest BCUT2D eigenvalue weighted by atomic mass is 9.44. The van der Waals surface area contributed by atoms with Gasteiger partial charge in [-0.25, -0.2) is 0 Å². The first kappa shape index (κ1) is 24.3. The van der Waals surface area contributed by atoms with Crippen LogP contribution in [0.1, 0.15) is 98.3 Å². The van der Waals surface area contributed by atoms with Crippen molar-refractivity contribution >= 4 is 28.6 Å². The third-order valence-corrected chi connectivity index (χ3v) is 11.0. The van der Waals surface area contributed by atoms with Gasteiger partial charge < -0.3 is 9.84 Å². The molecule has 0 spiro atoms. The lowest BCUT2D eigenvalue weighted by molar-refractivity contribution is -0.144. The normalized spacial score (nSPS) is 46.4. The Morgan fingerprint density at radius 3 is 2.48 bits per heavy atom. The van der Waals surface area contributed by atoms with Crippen molar-refractivity contribution < 1.29 is 14.6 Å². The highest BCUT2D eigenvalue weighted by Crippen LogP contribution is 2.68. The lowest BCUT2D eigenvalue weighted by Crippen LogP contribution is -2.54. The highest BCUT2D eigenvalue weighted by atomic mass is 127. The monoisotopic (exact) mass is 544 g/mol. The second-order valence-corrected chi connectivity index (χ2v) is 14.4. The second kappa shape index (κ2) is 9.43. The number of halogens is 1. The van der Waals surface area contributed by atoms with E-state index in [1.165, 1.54) is 44.9 Å². The van der Waals surface area contributed by atoms with Crippen molar-refractivity contribution in [3.05, 3.63) is 0 Å². The van der Waals surface area contributed by atoms with E-state index in [1.54, 1.807) is 0 Å². The minimum atomic E-state index is -0.0491. The fraction of sp³-hybridized carbons (Fsp3) is 0.963. The van der Waals surface area contributed by atoms with Crippen molar-refractivity contribution in [2.24, 2.45) is 46.3 Å². The number of aliphatic hydroxyl groups excluding tert-OH is 1. The zero-order valence-electron chi connectivity index (χ0n) is 20.2. The minimum Gasteiger partial charge on any atom is -0.465 e. The van der Waals surface area contributed by atoms with Crippen LogP contribution in [0.5, 0.6) is 0 Å². The Morgan fingerprint density at radius 1 is 1.03 bits per heavy atom. The molecule has 10 atom stereocenters. The first-order valence-corrected chi connectivity index (χ1v) is 14.4. The maximum Gasteiger partial charge on any atom is 0.305 e. The first-order valence-electron chi connectivity index (χ1n) is 13.1. The van der Waals surface area contributed by atoms with E-state index in [0.29, 0.717) is 33.7 Å². The second-order valence-electron chi connectivity index (χ2n) is 12.3. The molecule has 0 aromatic carbocycles. The molecule has 0 bridgehead atoms. The fourth-order valence-electron chi connectivity index (χ4n) is 9.04. The first-order chi connectivity index (χ1) is 14.6. The van der Waals surface area contributed by atoms with E-state index in [9.17, 15) is 9.90 Å². The van der Waals surface area contributed by atoms with Gasteiger partial charge in [-0.1, -0.05) is 50.3 Å². The molecule has 4 fully saturated rings. The lowest BCUT2D eigenvalue weighted by Gasteiger charge is -2.61. The number of rotatable bonds is 6. The van der Waals surface area contributed by atoms with Gasteiger partial charge in [0.15, 0.2) is 0 Å². The van der Waals surface area contributed by atoms with Gasteiger partial charge in [-0.05, 0) is 111 Å². The predicted molar refractivity (Wildman–Crippen MR) is 134 cm³/mol. The van der Waals surface area contributed by atoms with Crippen LogP contribution in [-0.4, -0.2) is 27.7 Å². The number of esters is 1. The van der Waals surface area contributed by atoms with Gasteiger partial charge in [0.05, 0.1) is 6.10 Å². The summed E-state index contributed by atoms with van der Waals surface area (Å²) in [5.41, 5.74) is 0.922. The molecular weight excluding hydrogens is 499 g/mol. The van der Waals surface area contributed by atoms with Crippen LogP contribution in [-0.2, 0) is 9.53 Å². The number of fused-ring (bicyclic) bond motifs is 5. The zero-order chi connectivity index (χ0) is 22.4. The number of alkyl halides is 1. The molecule has 0 aromatic heterocycles. The van der Waals surface area contributed by atoms with Crippen LogP contribution in [0.2, 0.25) is 0 Å².